The molecule has 1 aliphatic heterocycles. The quantitative estimate of drug-likeness (QED) is 0.565. The van der Waals surface area contributed by atoms with Crippen molar-refractivity contribution in [3.63, 3.8) is 0 Å². The molecular weight excluding hydrogens is 394 g/mol. The maximum Gasteiger partial charge on any atom is 0.358 e. The standard InChI is InChI=1S/C15H14IN3O3/c1-3-22-15(21)13-11-7-18(2)14(20)12-9(16)5-4-6-10(12)19(11)8-17-13/h4-6,8H,3,7H2,1-2H3/i16-3. The first kappa shape index (κ1) is 15.0. The molecule has 0 bridgehead atoms. The van der Waals surface area contributed by atoms with Crippen LogP contribution >= 0.6 is 22.6 Å². The van der Waals surface area contributed by atoms with E-state index in [-0.39, 0.29) is 18.2 Å². The van der Waals surface area contributed by atoms with Gasteiger partial charge in [-0.15, -0.1) is 0 Å². The van der Waals surface area contributed by atoms with Crippen molar-refractivity contribution in [3.05, 3.63) is 45.0 Å². The Morgan fingerprint density at radius 3 is 2.95 bits per heavy atom. The summed E-state index contributed by atoms with van der Waals surface area (Å²) in [4.78, 5) is 30.4. The molecule has 0 unspecified atom stereocenters. The average molecular weight is 408 g/mol. The second kappa shape index (κ2) is 5.71. The van der Waals surface area contributed by atoms with E-state index in [1.54, 1.807) is 29.8 Å². The molecule has 0 spiro atoms. The number of hydrogen-bond donors (Lipinski definition) is 0. The Bertz CT molecular complexity index is 769. The maximum absolute atomic E-state index is 12.6. The minimum atomic E-state index is -0.467. The Hall–Kier alpha value is -1.90. The van der Waals surface area contributed by atoms with Crippen molar-refractivity contribution in [2.45, 2.75) is 13.5 Å². The van der Waals surface area contributed by atoms with Gasteiger partial charge in [-0.05, 0) is 41.6 Å². The SMILES string of the molecule is CCOC(=O)c1ncn2c1CN(C)C(=O)c1c([124I])cccc1-2. The molecule has 0 atom stereocenters. The van der Waals surface area contributed by atoms with Crippen molar-refractivity contribution in [3.8, 4) is 5.69 Å². The van der Waals surface area contributed by atoms with E-state index in [1.807, 2.05) is 18.2 Å². The van der Waals surface area contributed by atoms with Crippen molar-refractivity contribution < 1.29 is 14.3 Å². The first-order valence-corrected chi connectivity index (χ1v) is 7.90. The van der Waals surface area contributed by atoms with Crippen LogP contribution in [-0.4, -0.2) is 40.0 Å². The fourth-order valence-corrected chi connectivity index (χ4v) is 3.23. The highest BCUT2D eigenvalue weighted by atomic mass is 124. The number of carbonyl (C=O) groups excluding carboxylic acids is 2. The van der Waals surface area contributed by atoms with E-state index in [0.29, 0.717) is 17.8 Å². The lowest BCUT2D eigenvalue weighted by molar-refractivity contribution is 0.0516. The molecule has 22 heavy (non-hydrogen) atoms. The third-order valence-corrected chi connectivity index (χ3v) is 4.43. The van der Waals surface area contributed by atoms with Crippen LogP contribution in [0.4, 0.5) is 0 Å². The highest BCUT2D eigenvalue weighted by molar-refractivity contribution is 14.1. The zero-order chi connectivity index (χ0) is 15.9. The van der Waals surface area contributed by atoms with E-state index in [2.05, 4.69) is 27.6 Å². The topological polar surface area (TPSA) is 64.4 Å². The number of halogens is 1. The normalized spacial score (nSPS) is 13.4. The zero-order valence-electron chi connectivity index (χ0n) is 12.2. The molecule has 1 aromatic heterocycles. The van der Waals surface area contributed by atoms with Gasteiger partial charge in [-0.2, -0.15) is 0 Å². The summed E-state index contributed by atoms with van der Waals surface area (Å²) in [5.41, 5.74) is 2.28. The van der Waals surface area contributed by atoms with Gasteiger partial charge >= 0.3 is 5.97 Å². The molecule has 1 aromatic carbocycles. The van der Waals surface area contributed by atoms with Crippen LogP contribution in [0, 0.1) is 3.57 Å². The number of rotatable bonds is 2. The Morgan fingerprint density at radius 2 is 2.23 bits per heavy atom. The van der Waals surface area contributed by atoms with E-state index >= 15 is 0 Å². The first-order valence-electron chi connectivity index (χ1n) is 6.82. The van der Waals surface area contributed by atoms with E-state index in [4.69, 9.17) is 4.74 Å². The summed E-state index contributed by atoms with van der Waals surface area (Å²) >= 11 is 2.15. The number of benzene rings is 1. The molecule has 0 saturated carbocycles. The minimum absolute atomic E-state index is 0.0708. The van der Waals surface area contributed by atoms with E-state index in [0.717, 1.165) is 9.26 Å². The van der Waals surface area contributed by atoms with Gasteiger partial charge in [0.2, 0.25) is 0 Å². The molecule has 0 N–H and O–H groups in total. The highest BCUT2D eigenvalue weighted by Gasteiger charge is 2.29. The van der Waals surface area contributed by atoms with Gasteiger partial charge in [0.1, 0.15) is 6.33 Å². The van der Waals surface area contributed by atoms with Crippen LogP contribution in [0.2, 0.25) is 0 Å². The maximum atomic E-state index is 12.6. The molecule has 1 aliphatic rings. The smallest absolute Gasteiger partial charge is 0.358 e. The van der Waals surface area contributed by atoms with Crippen LogP contribution in [-0.2, 0) is 11.3 Å². The van der Waals surface area contributed by atoms with Crippen molar-refractivity contribution in [1.82, 2.24) is 14.5 Å². The van der Waals surface area contributed by atoms with Gasteiger partial charge in [0.25, 0.3) is 5.91 Å². The predicted molar refractivity (Wildman–Crippen MR) is 88.0 cm³/mol. The van der Waals surface area contributed by atoms with E-state index < -0.39 is 5.97 Å². The summed E-state index contributed by atoms with van der Waals surface area (Å²) in [7, 11) is 1.72. The summed E-state index contributed by atoms with van der Waals surface area (Å²) in [5, 5.41) is 0. The van der Waals surface area contributed by atoms with E-state index in [9.17, 15) is 9.59 Å². The average Bonchev–Trinajstić information content (AvgIpc) is 2.85. The van der Waals surface area contributed by atoms with E-state index in [1.165, 1.54) is 0 Å². The summed E-state index contributed by atoms with van der Waals surface area (Å²) in [6.45, 7) is 2.34. The second-order valence-electron chi connectivity index (χ2n) is 4.93. The number of carbonyl (C=O) groups is 2. The van der Waals surface area contributed by atoms with Gasteiger partial charge in [0.05, 0.1) is 30.1 Å². The van der Waals surface area contributed by atoms with Gasteiger partial charge in [-0.3, -0.25) is 9.36 Å². The molecule has 0 saturated heterocycles. The molecule has 2 aromatic rings. The third kappa shape index (κ3) is 2.29. The summed E-state index contributed by atoms with van der Waals surface area (Å²) in [5.74, 6) is -0.537. The molecular formula is C15H14IN3O3. The molecule has 3 rings (SSSR count). The fraction of sp³-hybridized carbons (Fsp3) is 0.267. The first-order chi connectivity index (χ1) is 10.5. The molecule has 1 amide bonds. The number of ether oxygens (including phenoxy) is 1. The lowest BCUT2D eigenvalue weighted by Gasteiger charge is -2.15. The number of amides is 1. The van der Waals surface area contributed by atoms with Crippen molar-refractivity contribution in [2.75, 3.05) is 13.7 Å². The molecule has 0 fully saturated rings. The van der Waals surface area contributed by atoms with Crippen LogP contribution in [0.1, 0.15) is 33.5 Å². The largest absolute Gasteiger partial charge is 0.461 e. The lowest BCUT2D eigenvalue weighted by Crippen LogP contribution is -2.26. The third-order valence-electron chi connectivity index (χ3n) is 3.53. The molecule has 0 radical (unpaired) electrons. The number of fused-ring (bicyclic) bond motifs is 3. The van der Waals surface area contributed by atoms with Crippen LogP contribution < -0.4 is 0 Å². The van der Waals surface area contributed by atoms with Gasteiger partial charge in [-0.1, -0.05) is 6.07 Å². The number of hydrogen-bond acceptors (Lipinski definition) is 4. The van der Waals surface area contributed by atoms with Crippen LogP contribution in [0.5, 0.6) is 0 Å². The van der Waals surface area contributed by atoms with Crippen LogP contribution in [0.3, 0.4) is 0 Å². The Labute approximate surface area is 141 Å². The summed E-state index contributed by atoms with van der Waals surface area (Å²) in [6, 6.07) is 5.63. The molecule has 7 heteroatoms. The second-order valence-corrected chi connectivity index (χ2v) is 6.09. The summed E-state index contributed by atoms with van der Waals surface area (Å²) in [6.07, 6.45) is 1.57. The monoisotopic (exact) mass is 408 g/mol. The molecule has 114 valence electrons. The predicted octanol–water partition coefficient (Wildman–Crippen LogP) is 2.24. The number of nitrogens with zero attached hydrogens (tertiary/aromatic N) is 3. The highest BCUT2D eigenvalue weighted by Crippen LogP contribution is 2.28. The van der Waals surface area contributed by atoms with Crippen LogP contribution in [0.25, 0.3) is 5.69 Å². The van der Waals surface area contributed by atoms with Gasteiger partial charge in [0.15, 0.2) is 5.69 Å². The Balaban J connectivity index is 2.22. The van der Waals surface area contributed by atoms with Gasteiger partial charge in [-0.25, -0.2) is 9.78 Å². The summed E-state index contributed by atoms with van der Waals surface area (Å²) < 4.78 is 7.71. The molecule has 6 nitrogen and oxygen atoms in total. The van der Waals surface area contributed by atoms with Gasteiger partial charge in [0, 0.05) is 10.6 Å². The lowest BCUT2D eigenvalue weighted by atomic mass is 10.1. The van der Waals surface area contributed by atoms with Crippen molar-refractivity contribution in [1.29, 1.82) is 0 Å². The Kier molecular flexibility index (Phi) is 3.90. The molecule has 2 heterocycles. The zero-order valence-corrected chi connectivity index (χ0v) is 14.3. The van der Waals surface area contributed by atoms with Gasteiger partial charge < -0.3 is 9.64 Å². The fourth-order valence-electron chi connectivity index (χ4n) is 2.51. The van der Waals surface area contributed by atoms with Crippen LogP contribution in [0.15, 0.2) is 24.5 Å². The van der Waals surface area contributed by atoms with Crippen molar-refractivity contribution in [2.24, 2.45) is 0 Å². The number of esters is 1. The Morgan fingerprint density at radius 1 is 1.45 bits per heavy atom. The van der Waals surface area contributed by atoms with Crippen molar-refractivity contribution >= 4 is 34.5 Å². The number of imidazole rings is 1. The minimum Gasteiger partial charge on any atom is -0.461 e. The molecule has 0 aliphatic carbocycles. The number of aromatic nitrogens is 2.